The van der Waals surface area contributed by atoms with Gasteiger partial charge in [-0.1, -0.05) is 19.0 Å². The lowest BCUT2D eigenvalue weighted by Gasteiger charge is -2.42. The predicted octanol–water partition coefficient (Wildman–Crippen LogP) is 2.10. The Balaban J connectivity index is 2.50. The molecule has 1 amide bonds. The topological polar surface area (TPSA) is 104 Å². The number of rotatable bonds is 6. The third kappa shape index (κ3) is 3.89. The molecule has 6 nitrogen and oxygen atoms in total. The molecule has 3 N–H and O–H groups in total. The summed E-state index contributed by atoms with van der Waals surface area (Å²) in [6.07, 6.45) is 4.30. The molecule has 0 aliphatic heterocycles. The number of carbonyl (C=O) groups is 1. The van der Waals surface area contributed by atoms with Crippen molar-refractivity contribution in [1.82, 2.24) is 5.32 Å². The molecule has 0 aromatic rings. The summed E-state index contributed by atoms with van der Waals surface area (Å²) in [5.41, 5.74) is 13.5. The number of amides is 1. The van der Waals surface area contributed by atoms with Crippen molar-refractivity contribution in [2.75, 3.05) is 13.1 Å². The molecule has 102 valence electrons. The number of hydrogen-bond donors (Lipinski definition) is 2. The lowest BCUT2D eigenvalue weighted by atomic mass is 9.69. The van der Waals surface area contributed by atoms with Crippen LogP contribution in [0.15, 0.2) is 5.11 Å². The van der Waals surface area contributed by atoms with Gasteiger partial charge in [0.25, 0.3) is 0 Å². The van der Waals surface area contributed by atoms with Gasteiger partial charge in [-0.2, -0.15) is 0 Å². The Kier molecular flexibility index (Phi) is 4.99. The van der Waals surface area contributed by atoms with E-state index < -0.39 is 5.54 Å². The Morgan fingerprint density at radius 3 is 2.50 bits per heavy atom. The van der Waals surface area contributed by atoms with Crippen molar-refractivity contribution in [3.63, 3.8) is 0 Å². The smallest absolute Gasteiger partial charge is 0.237 e. The molecule has 6 heteroatoms. The van der Waals surface area contributed by atoms with E-state index in [9.17, 15) is 4.79 Å². The van der Waals surface area contributed by atoms with Crippen LogP contribution in [0.25, 0.3) is 10.4 Å². The van der Waals surface area contributed by atoms with E-state index in [1.165, 1.54) is 0 Å². The molecule has 1 fully saturated rings. The van der Waals surface area contributed by atoms with Gasteiger partial charge in [0.2, 0.25) is 5.91 Å². The number of nitrogens with one attached hydrogen (secondary N) is 1. The van der Waals surface area contributed by atoms with Crippen molar-refractivity contribution >= 4 is 5.91 Å². The van der Waals surface area contributed by atoms with E-state index in [0.717, 1.165) is 32.1 Å². The first-order chi connectivity index (χ1) is 8.42. The third-order valence-electron chi connectivity index (χ3n) is 3.89. The number of azide groups is 1. The predicted molar refractivity (Wildman–Crippen MR) is 70.8 cm³/mol. The van der Waals surface area contributed by atoms with Gasteiger partial charge in [-0.15, -0.1) is 0 Å². The first-order valence-corrected chi connectivity index (χ1v) is 6.48. The summed E-state index contributed by atoms with van der Waals surface area (Å²) in [5.74, 6) is -0.262. The lowest BCUT2D eigenvalue weighted by Crippen LogP contribution is -2.58. The number of hydrogen-bond acceptors (Lipinski definition) is 3. The molecule has 1 aliphatic carbocycles. The van der Waals surface area contributed by atoms with Gasteiger partial charge in [-0.25, -0.2) is 0 Å². The van der Waals surface area contributed by atoms with Gasteiger partial charge in [-0.05, 0) is 49.6 Å². The summed E-state index contributed by atoms with van der Waals surface area (Å²) in [7, 11) is 0. The molecule has 0 aromatic heterocycles. The van der Waals surface area contributed by atoms with Crippen LogP contribution >= 0.6 is 0 Å². The Bertz CT molecular complexity index is 336. The highest BCUT2D eigenvalue weighted by Gasteiger charge is 2.42. The van der Waals surface area contributed by atoms with E-state index in [1.807, 2.05) is 0 Å². The summed E-state index contributed by atoms with van der Waals surface area (Å²) in [4.78, 5) is 14.4. The molecule has 18 heavy (non-hydrogen) atoms. The highest BCUT2D eigenvalue weighted by atomic mass is 16.1. The zero-order chi connectivity index (χ0) is 13.6. The molecule has 0 heterocycles. The normalized spacial score (nSPS) is 21.0. The maximum atomic E-state index is 11.7. The van der Waals surface area contributed by atoms with Gasteiger partial charge in [0.1, 0.15) is 0 Å². The van der Waals surface area contributed by atoms with Crippen molar-refractivity contribution in [3.05, 3.63) is 10.4 Å². The molecule has 0 spiro atoms. The van der Waals surface area contributed by atoms with E-state index in [1.54, 1.807) is 0 Å². The van der Waals surface area contributed by atoms with Crippen LogP contribution in [0.3, 0.4) is 0 Å². The maximum Gasteiger partial charge on any atom is 0.237 e. The summed E-state index contributed by atoms with van der Waals surface area (Å²) < 4.78 is 0. The molecule has 0 saturated heterocycles. The number of nitrogens with two attached hydrogens (primary N) is 1. The fourth-order valence-corrected chi connectivity index (χ4v) is 2.39. The van der Waals surface area contributed by atoms with Crippen molar-refractivity contribution in [3.8, 4) is 0 Å². The maximum absolute atomic E-state index is 11.7. The summed E-state index contributed by atoms with van der Waals surface area (Å²) in [6.45, 7) is 5.55. The van der Waals surface area contributed by atoms with Gasteiger partial charge < -0.3 is 11.1 Å². The third-order valence-corrected chi connectivity index (χ3v) is 3.89. The Morgan fingerprint density at radius 2 is 2.00 bits per heavy atom. The molecule has 0 aromatic carbocycles. The average Bonchev–Trinajstić information content (AvgIpc) is 2.31. The molecule has 0 atom stereocenters. The van der Waals surface area contributed by atoms with Crippen LogP contribution < -0.4 is 11.1 Å². The second-order valence-electron chi connectivity index (χ2n) is 5.85. The van der Waals surface area contributed by atoms with Crippen molar-refractivity contribution in [2.45, 2.75) is 51.5 Å². The monoisotopic (exact) mass is 253 g/mol. The van der Waals surface area contributed by atoms with Crippen LogP contribution in [0.2, 0.25) is 0 Å². The minimum atomic E-state index is -0.564. The Morgan fingerprint density at radius 1 is 1.39 bits per heavy atom. The zero-order valence-corrected chi connectivity index (χ0v) is 11.3. The van der Waals surface area contributed by atoms with Gasteiger partial charge in [0.15, 0.2) is 0 Å². The Labute approximate surface area is 108 Å². The van der Waals surface area contributed by atoms with Crippen molar-refractivity contribution < 1.29 is 4.79 Å². The fourth-order valence-electron chi connectivity index (χ4n) is 2.39. The molecular formula is C12H23N5O. The van der Waals surface area contributed by atoms with Crippen molar-refractivity contribution in [2.24, 2.45) is 16.3 Å². The average molecular weight is 253 g/mol. The molecule has 1 aliphatic rings. The van der Waals surface area contributed by atoms with Gasteiger partial charge in [-0.3, -0.25) is 4.79 Å². The molecule has 0 radical (unpaired) electrons. The van der Waals surface area contributed by atoms with Crippen LogP contribution in [0.5, 0.6) is 0 Å². The van der Waals surface area contributed by atoms with E-state index in [4.69, 9.17) is 11.3 Å². The Hall–Kier alpha value is -1.26. The van der Waals surface area contributed by atoms with Crippen LogP contribution in [-0.4, -0.2) is 24.5 Å². The molecule has 1 saturated carbocycles. The standard InChI is InChI=1S/C12H23N5O/c1-11(2)4-6-12(7-5-11,10(13)18)15-8-3-9-16-17-14/h15H,3-9H2,1-2H3,(H2,13,18). The highest BCUT2D eigenvalue weighted by molar-refractivity contribution is 5.84. The zero-order valence-electron chi connectivity index (χ0n) is 11.3. The molecular weight excluding hydrogens is 230 g/mol. The SMILES string of the molecule is CC1(C)CCC(NCCCN=[N+]=[N-])(C(N)=O)CC1. The van der Waals surface area contributed by atoms with E-state index >= 15 is 0 Å². The van der Waals surface area contributed by atoms with Crippen LogP contribution in [-0.2, 0) is 4.79 Å². The molecule has 0 unspecified atom stereocenters. The fraction of sp³-hybridized carbons (Fsp3) is 0.917. The first-order valence-electron chi connectivity index (χ1n) is 6.48. The van der Waals surface area contributed by atoms with Gasteiger partial charge in [0.05, 0.1) is 5.54 Å². The molecule has 1 rings (SSSR count). The second-order valence-corrected chi connectivity index (χ2v) is 5.85. The summed E-state index contributed by atoms with van der Waals surface area (Å²) in [6, 6.07) is 0. The van der Waals surface area contributed by atoms with Crippen LogP contribution in [0.1, 0.15) is 46.0 Å². The minimum Gasteiger partial charge on any atom is -0.368 e. The largest absolute Gasteiger partial charge is 0.368 e. The molecule has 0 bridgehead atoms. The number of primary amides is 1. The van der Waals surface area contributed by atoms with Gasteiger partial charge >= 0.3 is 0 Å². The lowest BCUT2D eigenvalue weighted by molar-refractivity contribution is -0.126. The van der Waals surface area contributed by atoms with Crippen molar-refractivity contribution in [1.29, 1.82) is 0 Å². The van der Waals surface area contributed by atoms with E-state index in [2.05, 4.69) is 29.2 Å². The highest BCUT2D eigenvalue weighted by Crippen LogP contribution is 2.40. The van der Waals surface area contributed by atoms with Crippen LogP contribution in [0.4, 0.5) is 0 Å². The number of nitrogens with zero attached hydrogens (tertiary/aromatic N) is 3. The van der Waals surface area contributed by atoms with E-state index in [0.29, 0.717) is 18.5 Å². The van der Waals surface area contributed by atoms with Crippen LogP contribution in [0, 0.1) is 5.41 Å². The quantitative estimate of drug-likeness (QED) is 0.327. The minimum absolute atomic E-state index is 0.262. The first kappa shape index (κ1) is 14.8. The summed E-state index contributed by atoms with van der Waals surface area (Å²) in [5, 5.41) is 6.74. The number of carbonyl (C=O) groups excluding carboxylic acids is 1. The van der Waals surface area contributed by atoms with Gasteiger partial charge in [0, 0.05) is 11.5 Å². The summed E-state index contributed by atoms with van der Waals surface area (Å²) >= 11 is 0. The second kappa shape index (κ2) is 6.07. The van der Waals surface area contributed by atoms with E-state index in [-0.39, 0.29) is 5.91 Å².